The minimum Gasteiger partial charge on any atom is -0.480 e. The minimum atomic E-state index is -4.82. The number of aliphatic carboxylic acids is 1. The molecule has 140 valence electrons. The Morgan fingerprint density at radius 3 is 2.21 bits per heavy atom. The first-order valence-electron chi connectivity index (χ1n) is 6.85. The van der Waals surface area contributed by atoms with E-state index in [1.165, 1.54) is 0 Å². The van der Waals surface area contributed by atoms with Gasteiger partial charge in [-0.05, 0) is 12.3 Å². The van der Waals surface area contributed by atoms with Crippen LogP contribution in [0.3, 0.4) is 0 Å². The highest BCUT2D eigenvalue weighted by Crippen LogP contribution is 2.35. The Kier molecular flexibility index (Phi) is 8.91. The minimum absolute atomic E-state index is 0.0662. The fraction of sp³-hybridized carbons (Fsp3) is 0.750. The van der Waals surface area contributed by atoms with E-state index in [0.29, 0.717) is 0 Å². The van der Waals surface area contributed by atoms with Gasteiger partial charge in [0.1, 0.15) is 6.54 Å². The largest absolute Gasteiger partial charge is 0.480 e. The van der Waals surface area contributed by atoms with Gasteiger partial charge in [-0.2, -0.15) is 0 Å². The van der Waals surface area contributed by atoms with Gasteiger partial charge >= 0.3 is 25.9 Å². The summed E-state index contributed by atoms with van der Waals surface area (Å²) in [4.78, 5) is 52.0. The number of ether oxygens (including phenoxy) is 2. The Morgan fingerprint density at radius 1 is 1.17 bits per heavy atom. The second-order valence-electron chi connectivity index (χ2n) is 5.54. The lowest BCUT2D eigenvalue weighted by Crippen LogP contribution is -2.43. The summed E-state index contributed by atoms with van der Waals surface area (Å²) in [6.45, 7) is 3.15. The highest BCUT2D eigenvalue weighted by atomic mass is 31.2. The monoisotopic (exact) mass is 371 g/mol. The fourth-order valence-corrected chi connectivity index (χ4v) is 1.95. The Balaban J connectivity index is 4.80. The average molecular weight is 371 g/mol. The molecule has 0 saturated carbocycles. The molecule has 0 atom stereocenters. The molecule has 0 aromatic rings. The van der Waals surface area contributed by atoms with Gasteiger partial charge in [-0.3, -0.25) is 14.5 Å². The number of carbonyl (C=O) groups is 3. The van der Waals surface area contributed by atoms with Gasteiger partial charge in [-0.1, -0.05) is 13.8 Å². The van der Waals surface area contributed by atoms with E-state index < -0.39 is 44.6 Å². The number of phosphoric ester groups is 1. The average Bonchev–Trinajstić information content (AvgIpc) is 2.34. The Morgan fingerprint density at radius 2 is 1.75 bits per heavy atom. The van der Waals surface area contributed by atoms with E-state index in [9.17, 15) is 18.9 Å². The van der Waals surface area contributed by atoms with Gasteiger partial charge in [0.25, 0.3) is 0 Å². The van der Waals surface area contributed by atoms with Crippen LogP contribution in [0.25, 0.3) is 0 Å². The van der Waals surface area contributed by atoms with Crippen molar-refractivity contribution in [2.24, 2.45) is 5.41 Å². The number of amides is 1. The van der Waals surface area contributed by atoms with Crippen molar-refractivity contribution in [2.75, 3.05) is 26.5 Å². The van der Waals surface area contributed by atoms with E-state index in [0.717, 1.165) is 4.90 Å². The number of nitrogens with zero attached hydrogens (tertiary/aromatic N) is 1. The van der Waals surface area contributed by atoms with Gasteiger partial charge in [0.15, 0.2) is 0 Å². The number of carboxylic acids is 1. The normalized spacial score (nSPS) is 11.7. The van der Waals surface area contributed by atoms with E-state index in [1.807, 2.05) is 0 Å². The standard InChI is InChI=1S/C12H22NO10P/c1-4-21-10(16)5-12(2,3)7-13(6-9(14)15)11(17)22-8-23-24(18,19)20/h4-8H2,1-3H3,(H,14,15)(H2,18,19,20). The molecule has 24 heavy (non-hydrogen) atoms. The van der Waals surface area contributed by atoms with Crippen molar-refractivity contribution in [1.29, 1.82) is 0 Å². The van der Waals surface area contributed by atoms with E-state index >= 15 is 0 Å². The third kappa shape index (κ3) is 10.9. The lowest BCUT2D eigenvalue weighted by molar-refractivity contribution is -0.145. The summed E-state index contributed by atoms with van der Waals surface area (Å²) in [7, 11) is -4.82. The summed E-state index contributed by atoms with van der Waals surface area (Å²) in [6.07, 6.45) is -1.22. The summed E-state index contributed by atoms with van der Waals surface area (Å²) < 4.78 is 23.7. The molecule has 0 rings (SSSR count). The van der Waals surface area contributed by atoms with Crippen molar-refractivity contribution in [3.8, 4) is 0 Å². The Bertz CT molecular complexity index is 500. The van der Waals surface area contributed by atoms with E-state index in [1.54, 1.807) is 20.8 Å². The number of esters is 1. The fourth-order valence-electron chi connectivity index (χ4n) is 1.76. The molecule has 3 N–H and O–H groups in total. The molecule has 0 aliphatic carbocycles. The molecule has 1 amide bonds. The highest BCUT2D eigenvalue weighted by molar-refractivity contribution is 7.46. The molecule has 0 spiro atoms. The molecule has 0 saturated heterocycles. The van der Waals surface area contributed by atoms with E-state index in [2.05, 4.69) is 9.26 Å². The van der Waals surface area contributed by atoms with Crippen molar-refractivity contribution in [3.63, 3.8) is 0 Å². The van der Waals surface area contributed by atoms with Crippen LogP contribution in [0.1, 0.15) is 27.2 Å². The van der Waals surface area contributed by atoms with Crippen LogP contribution in [-0.4, -0.2) is 64.3 Å². The molecule has 0 unspecified atom stereocenters. The second-order valence-corrected chi connectivity index (χ2v) is 6.78. The summed E-state index contributed by atoms with van der Waals surface area (Å²) in [6, 6.07) is 0. The van der Waals surface area contributed by atoms with Crippen LogP contribution in [0.5, 0.6) is 0 Å². The molecule has 12 heteroatoms. The zero-order valence-corrected chi connectivity index (χ0v) is 14.5. The number of rotatable bonds is 10. The molecule has 11 nitrogen and oxygen atoms in total. The van der Waals surface area contributed by atoms with Gasteiger partial charge in [-0.25, -0.2) is 13.9 Å². The van der Waals surface area contributed by atoms with E-state index in [-0.39, 0.29) is 19.6 Å². The second kappa shape index (κ2) is 9.58. The van der Waals surface area contributed by atoms with Gasteiger partial charge in [0.05, 0.1) is 13.0 Å². The third-order valence-corrected chi connectivity index (χ3v) is 2.98. The van der Waals surface area contributed by atoms with Crippen molar-refractivity contribution < 1.29 is 47.8 Å². The first kappa shape index (κ1) is 22.3. The van der Waals surface area contributed by atoms with Gasteiger partial charge in [0.2, 0.25) is 6.79 Å². The molecular formula is C12H22NO10P. The number of phosphoric acid groups is 1. The maximum Gasteiger partial charge on any atom is 0.472 e. The van der Waals surface area contributed by atoms with Crippen LogP contribution in [0.15, 0.2) is 0 Å². The topological polar surface area (TPSA) is 160 Å². The molecule has 0 aliphatic heterocycles. The number of carboxylic acid groups (broad SMARTS) is 1. The van der Waals surface area contributed by atoms with Crippen molar-refractivity contribution in [1.82, 2.24) is 4.90 Å². The molecule has 0 heterocycles. The summed E-state index contributed by atoms with van der Waals surface area (Å²) in [5, 5.41) is 8.85. The van der Waals surface area contributed by atoms with Gasteiger partial charge in [0, 0.05) is 6.54 Å². The molecule has 0 aromatic carbocycles. The van der Waals surface area contributed by atoms with Gasteiger partial charge in [-0.15, -0.1) is 0 Å². The lowest BCUT2D eigenvalue weighted by Gasteiger charge is -2.30. The van der Waals surface area contributed by atoms with E-state index in [4.69, 9.17) is 19.6 Å². The molecule has 0 fully saturated rings. The first-order chi connectivity index (χ1) is 10.9. The van der Waals surface area contributed by atoms with Crippen LogP contribution in [-0.2, 0) is 28.2 Å². The molecular weight excluding hydrogens is 349 g/mol. The molecule has 0 bridgehead atoms. The maximum atomic E-state index is 11.8. The first-order valence-corrected chi connectivity index (χ1v) is 8.38. The lowest BCUT2D eigenvalue weighted by atomic mass is 9.89. The predicted molar refractivity (Wildman–Crippen MR) is 78.7 cm³/mol. The smallest absolute Gasteiger partial charge is 0.472 e. The SMILES string of the molecule is CCOC(=O)CC(C)(C)CN(CC(=O)O)C(=O)OCOP(=O)(O)O. The van der Waals surface area contributed by atoms with Crippen molar-refractivity contribution >= 4 is 25.9 Å². The number of hydrogen-bond acceptors (Lipinski definition) is 7. The summed E-state index contributed by atoms with van der Waals surface area (Å²) >= 11 is 0. The predicted octanol–water partition coefficient (Wildman–Crippen LogP) is 0.556. The molecule has 0 aromatic heterocycles. The quantitative estimate of drug-likeness (QED) is 0.281. The van der Waals surface area contributed by atoms with Crippen molar-refractivity contribution in [2.45, 2.75) is 27.2 Å². The third-order valence-electron chi connectivity index (χ3n) is 2.53. The highest BCUT2D eigenvalue weighted by Gasteiger charge is 2.30. The van der Waals surface area contributed by atoms with Gasteiger partial charge < -0.3 is 24.4 Å². The van der Waals surface area contributed by atoms with Crippen LogP contribution < -0.4 is 0 Å². The number of carbonyl (C=O) groups excluding carboxylic acids is 2. The Hall–Kier alpha value is -1.68. The van der Waals surface area contributed by atoms with Crippen molar-refractivity contribution in [3.05, 3.63) is 0 Å². The summed E-state index contributed by atoms with van der Waals surface area (Å²) in [5.41, 5.74) is -0.815. The zero-order valence-electron chi connectivity index (χ0n) is 13.6. The summed E-state index contributed by atoms with van der Waals surface area (Å²) in [5.74, 6) is -1.83. The Labute approximate surface area is 138 Å². The van der Waals surface area contributed by atoms with Crippen LogP contribution in [0.4, 0.5) is 4.79 Å². The zero-order chi connectivity index (χ0) is 19.0. The van der Waals surface area contributed by atoms with Crippen LogP contribution in [0.2, 0.25) is 0 Å². The molecule has 0 radical (unpaired) electrons. The molecule has 0 aliphatic rings. The maximum absolute atomic E-state index is 11.8. The van der Waals surface area contributed by atoms with Crippen LogP contribution in [0, 0.1) is 5.41 Å². The number of hydrogen-bond donors (Lipinski definition) is 3. The van der Waals surface area contributed by atoms with Crippen LogP contribution >= 0.6 is 7.82 Å².